The minimum atomic E-state index is -1.09. The van der Waals surface area contributed by atoms with E-state index < -0.39 is 44.4 Å². The number of furan rings is 6. The van der Waals surface area contributed by atoms with Crippen LogP contribution in [0.4, 0.5) is 0 Å². The zero-order valence-corrected chi connectivity index (χ0v) is 34.9. The first-order chi connectivity index (χ1) is 26.0. The number of hydrogen-bond donors (Lipinski definition) is 0. The first kappa shape index (κ1) is 38.9. The maximum absolute atomic E-state index is 13.7. The standard InChI is InChI=1S/C46H52O10/c1-41(2)25-15-16-26(51-25)42(3,4)28-18-20-30(53-28)44(7,8)32-22-24-34(55-32)46(11,12)38-36(40(48)50-14)35(39(47)49-13)37(56-38)45(9,10)33-23-21-31(54-33)43(5,6)29-19-17-27(41)52-29/h15-24H,1-14H3. The monoisotopic (exact) mass is 764 g/mol. The van der Waals surface area contributed by atoms with Crippen molar-refractivity contribution >= 4 is 11.9 Å². The van der Waals surface area contributed by atoms with E-state index in [1.807, 2.05) is 116 Å². The summed E-state index contributed by atoms with van der Waals surface area (Å²) < 4.78 is 50.5. The van der Waals surface area contributed by atoms with Crippen molar-refractivity contribution in [3.8, 4) is 0 Å². The number of fused-ring (bicyclic) bond motifs is 12. The van der Waals surface area contributed by atoms with Gasteiger partial charge in [0.1, 0.15) is 80.2 Å². The zero-order valence-electron chi connectivity index (χ0n) is 34.9. The summed E-state index contributed by atoms with van der Waals surface area (Å²) in [5, 5.41) is 0. The van der Waals surface area contributed by atoms with E-state index in [-0.39, 0.29) is 22.6 Å². The lowest BCUT2D eigenvalue weighted by Gasteiger charge is -2.25. The number of esters is 2. The summed E-state index contributed by atoms with van der Waals surface area (Å²) in [6.45, 7) is 23.8. The number of rotatable bonds is 2. The Morgan fingerprint density at radius 2 is 0.518 bits per heavy atom. The molecule has 0 atom stereocenters. The molecule has 1 aliphatic heterocycles. The quantitative estimate of drug-likeness (QED) is 0.157. The molecule has 56 heavy (non-hydrogen) atoms. The molecule has 1 aliphatic rings. The molecule has 0 saturated heterocycles. The fourth-order valence-electron chi connectivity index (χ4n) is 7.66. The Bertz CT molecular complexity index is 2290. The van der Waals surface area contributed by atoms with Gasteiger partial charge < -0.3 is 36.0 Å². The molecule has 0 unspecified atom stereocenters. The fourth-order valence-corrected chi connectivity index (χ4v) is 7.66. The lowest BCUT2D eigenvalue weighted by atomic mass is 9.82. The van der Waals surface area contributed by atoms with E-state index in [0.29, 0.717) is 34.6 Å². The molecule has 10 heteroatoms. The van der Waals surface area contributed by atoms with Gasteiger partial charge in [-0.25, -0.2) is 9.59 Å². The predicted octanol–water partition coefficient (Wildman–Crippen LogP) is 11.1. The van der Waals surface area contributed by atoms with Crippen LogP contribution in [-0.2, 0) is 42.0 Å². The van der Waals surface area contributed by atoms with E-state index >= 15 is 0 Å². The molecule has 6 aromatic rings. The molecule has 10 nitrogen and oxygen atoms in total. The molecule has 12 bridgehead atoms. The van der Waals surface area contributed by atoms with Gasteiger partial charge >= 0.3 is 11.9 Å². The second-order valence-electron chi connectivity index (χ2n) is 18.1. The lowest BCUT2D eigenvalue weighted by Crippen LogP contribution is -2.24. The first-order valence-corrected chi connectivity index (χ1v) is 18.9. The third kappa shape index (κ3) is 5.66. The van der Waals surface area contributed by atoms with Crippen molar-refractivity contribution in [2.45, 2.75) is 116 Å². The highest BCUT2D eigenvalue weighted by Crippen LogP contribution is 2.48. The number of hydrogen-bond acceptors (Lipinski definition) is 10. The summed E-state index contributed by atoms with van der Waals surface area (Å²) in [6, 6.07) is 19.4. The largest absolute Gasteiger partial charge is 0.465 e. The van der Waals surface area contributed by atoms with Crippen LogP contribution in [0.25, 0.3) is 0 Å². The van der Waals surface area contributed by atoms with Crippen LogP contribution in [0.1, 0.15) is 173 Å². The van der Waals surface area contributed by atoms with Gasteiger partial charge in [-0.3, -0.25) is 0 Å². The van der Waals surface area contributed by atoms with Gasteiger partial charge in [0.05, 0.1) is 46.7 Å². The smallest absolute Gasteiger partial charge is 0.342 e. The summed E-state index contributed by atoms with van der Waals surface area (Å²) in [6.07, 6.45) is 0. The topological polar surface area (TPSA) is 131 Å². The van der Waals surface area contributed by atoms with Gasteiger partial charge in [-0.05, 0) is 144 Å². The lowest BCUT2D eigenvalue weighted by molar-refractivity contribution is 0.0553. The Labute approximate surface area is 327 Å². The first-order valence-electron chi connectivity index (χ1n) is 18.9. The van der Waals surface area contributed by atoms with E-state index in [0.717, 1.165) is 23.0 Å². The molecule has 7 rings (SSSR count). The van der Waals surface area contributed by atoms with Crippen molar-refractivity contribution in [1.29, 1.82) is 0 Å². The Morgan fingerprint density at radius 1 is 0.339 bits per heavy atom. The van der Waals surface area contributed by atoms with E-state index in [1.165, 1.54) is 14.2 Å². The molecule has 0 spiro atoms. The van der Waals surface area contributed by atoms with Gasteiger partial charge in [-0.2, -0.15) is 0 Å². The minimum Gasteiger partial charge on any atom is -0.465 e. The summed E-state index contributed by atoms with van der Waals surface area (Å²) in [7, 11) is 2.52. The summed E-state index contributed by atoms with van der Waals surface area (Å²) in [4.78, 5) is 27.4. The Balaban J connectivity index is 1.48. The highest BCUT2D eigenvalue weighted by Gasteiger charge is 2.47. The average Bonchev–Trinajstić information content (AvgIpc) is 4.00. The highest BCUT2D eigenvalue weighted by molar-refractivity contribution is 6.05. The van der Waals surface area contributed by atoms with E-state index in [4.69, 9.17) is 36.0 Å². The van der Waals surface area contributed by atoms with Gasteiger partial charge in [0, 0.05) is 0 Å². The van der Waals surface area contributed by atoms with Crippen molar-refractivity contribution in [3.05, 3.63) is 141 Å². The average molecular weight is 765 g/mol. The third-order valence-electron chi connectivity index (χ3n) is 12.0. The summed E-state index contributed by atoms with van der Waals surface area (Å²) in [5.74, 6) is 5.42. The van der Waals surface area contributed by atoms with Crippen molar-refractivity contribution in [2.24, 2.45) is 0 Å². The SMILES string of the molecule is COC(=O)c1c2oc(c1C(=O)OC)C(C)(C)c1ccc(o1)C(C)(C)c1ccc(o1)C(C)(C)c1ccc(o1)C(C)(C)c1ccc(o1)C(C)(C)c1ccc(o1)C2(C)C. The second kappa shape index (κ2) is 12.6. The van der Waals surface area contributed by atoms with Crippen LogP contribution in [0.3, 0.4) is 0 Å². The number of methoxy groups -OCH3 is 2. The van der Waals surface area contributed by atoms with E-state index in [2.05, 4.69) is 27.7 Å². The van der Waals surface area contributed by atoms with Crippen molar-refractivity contribution < 1.29 is 45.6 Å². The molecule has 0 aromatic carbocycles. The van der Waals surface area contributed by atoms with Gasteiger partial charge in [-0.15, -0.1) is 0 Å². The number of carbonyl (C=O) groups excluding carboxylic acids is 2. The zero-order chi connectivity index (χ0) is 41.0. The number of carbonyl (C=O) groups is 2. The highest BCUT2D eigenvalue weighted by atomic mass is 16.5. The fraction of sp³-hybridized carbons (Fsp3) is 0.435. The van der Waals surface area contributed by atoms with Gasteiger partial charge in [0.2, 0.25) is 0 Å². The van der Waals surface area contributed by atoms with Crippen LogP contribution in [0.15, 0.2) is 87.2 Å². The van der Waals surface area contributed by atoms with Crippen molar-refractivity contribution in [1.82, 2.24) is 0 Å². The van der Waals surface area contributed by atoms with Gasteiger partial charge in [-0.1, -0.05) is 0 Å². The van der Waals surface area contributed by atoms with Crippen molar-refractivity contribution in [3.63, 3.8) is 0 Å². The van der Waals surface area contributed by atoms with Crippen LogP contribution >= 0.6 is 0 Å². The molecule has 0 aliphatic carbocycles. The van der Waals surface area contributed by atoms with E-state index in [1.54, 1.807) is 0 Å². The number of ether oxygens (including phenoxy) is 2. The van der Waals surface area contributed by atoms with Gasteiger partial charge in [0.15, 0.2) is 0 Å². The maximum Gasteiger partial charge on any atom is 0.342 e. The summed E-state index contributed by atoms with van der Waals surface area (Å²) in [5.41, 5.74) is -4.94. The summed E-state index contributed by atoms with van der Waals surface area (Å²) >= 11 is 0. The third-order valence-corrected chi connectivity index (χ3v) is 12.0. The normalized spacial score (nSPS) is 18.8. The molecule has 0 fully saturated rings. The van der Waals surface area contributed by atoms with Crippen LogP contribution in [0, 0.1) is 0 Å². The molecule has 0 saturated carbocycles. The van der Waals surface area contributed by atoms with Gasteiger partial charge in [0.25, 0.3) is 0 Å². The molecule has 6 aromatic heterocycles. The molecule has 0 amide bonds. The van der Waals surface area contributed by atoms with Crippen LogP contribution < -0.4 is 0 Å². The predicted molar refractivity (Wildman–Crippen MR) is 208 cm³/mol. The molecular weight excluding hydrogens is 712 g/mol. The molecule has 296 valence electrons. The van der Waals surface area contributed by atoms with Crippen LogP contribution in [-0.4, -0.2) is 26.2 Å². The minimum absolute atomic E-state index is 0.0492. The van der Waals surface area contributed by atoms with Crippen LogP contribution in [0.5, 0.6) is 0 Å². The van der Waals surface area contributed by atoms with Crippen molar-refractivity contribution in [2.75, 3.05) is 14.2 Å². The Kier molecular flexibility index (Phi) is 8.72. The molecular formula is C46H52O10. The molecule has 0 N–H and O–H groups in total. The second-order valence-corrected chi connectivity index (χ2v) is 18.1. The Morgan fingerprint density at radius 3 is 0.696 bits per heavy atom. The Hall–Kier alpha value is -5.38. The molecule has 7 heterocycles. The maximum atomic E-state index is 13.7. The van der Waals surface area contributed by atoms with E-state index in [9.17, 15) is 9.59 Å². The molecule has 0 radical (unpaired) electrons. The van der Waals surface area contributed by atoms with Crippen LogP contribution in [0.2, 0.25) is 0 Å².